The van der Waals surface area contributed by atoms with Gasteiger partial charge in [-0.2, -0.15) is 0 Å². The topological polar surface area (TPSA) is 24.9 Å². The van der Waals surface area contributed by atoms with E-state index in [0.717, 1.165) is 16.7 Å². The normalized spacial score (nSPS) is 12.4. The van der Waals surface area contributed by atoms with E-state index in [9.17, 15) is 4.39 Å². The third-order valence-electron chi connectivity index (χ3n) is 3.05. The minimum absolute atomic E-state index is 0.0347. The molecule has 0 saturated heterocycles. The number of benzene rings is 1. The highest BCUT2D eigenvalue weighted by Gasteiger charge is 2.13. The molecule has 3 heteroatoms. The van der Waals surface area contributed by atoms with Crippen molar-refractivity contribution in [2.75, 3.05) is 7.05 Å². The zero-order valence-electron chi connectivity index (χ0n) is 10.9. The number of hydrogen-bond acceptors (Lipinski definition) is 2. The summed E-state index contributed by atoms with van der Waals surface area (Å²) in [6.07, 6.45) is 3.62. The highest BCUT2D eigenvalue weighted by atomic mass is 19.1. The fraction of sp³-hybridized carbons (Fsp3) is 0.267. The van der Waals surface area contributed by atoms with Gasteiger partial charge in [-0.15, -0.1) is 0 Å². The predicted molar refractivity (Wildman–Crippen MR) is 71.0 cm³/mol. The zero-order valence-corrected chi connectivity index (χ0v) is 10.9. The van der Waals surface area contributed by atoms with Gasteiger partial charge in [0, 0.05) is 12.4 Å². The number of aryl methyl sites for hydroxylation is 2. The van der Waals surface area contributed by atoms with Crippen LogP contribution in [0.4, 0.5) is 4.39 Å². The molecule has 0 aliphatic rings. The number of rotatable bonds is 3. The molecule has 2 nitrogen and oxygen atoms in total. The van der Waals surface area contributed by atoms with E-state index < -0.39 is 0 Å². The van der Waals surface area contributed by atoms with E-state index in [1.807, 2.05) is 32.4 Å². The summed E-state index contributed by atoms with van der Waals surface area (Å²) in [6.45, 7) is 3.76. The van der Waals surface area contributed by atoms with Crippen molar-refractivity contribution in [1.82, 2.24) is 10.3 Å². The van der Waals surface area contributed by atoms with Gasteiger partial charge in [0.05, 0.1) is 6.04 Å². The summed E-state index contributed by atoms with van der Waals surface area (Å²) in [5, 5.41) is 3.20. The first-order valence-electron chi connectivity index (χ1n) is 5.96. The van der Waals surface area contributed by atoms with Gasteiger partial charge in [-0.1, -0.05) is 18.2 Å². The van der Waals surface area contributed by atoms with Crippen LogP contribution in [0.5, 0.6) is 0 Å². The Balaban J connectivity index is 2.42. The number of aromatic nitrogens is 1. The summed E-state index contributed by atoms with van der Waals surface area (Å²) < 4.78 is 13.6. The second kappa shape index (κ2) is 5.27. The van der Waals surface area contributed by atoms with E-state index in [-0.39, 0.29) is 11.9 Å². The third kappa shape index (κ3) is 2.57. The lowest BCUT2D eigenvalue weighted by atomic mass is 9.98. The Labute approximate surface area is 107 Å². The average Bonchev–Trinajstić information content (AvgIpc) is 2.35. The molecule has 1 N–H and O–H groups in total. The summed E-state index contributed by atoms with van der Waals surface area (Å²) in [5.41, 5.74) is 3.71. The maximum Gasteiger partial charge on any atom is 0.126 e. The molecule has 0 bridgehead atoms. The van der Waals surface area contributed by atoms with Crippen molar-refractivity contribution in [3.8, 4) is 0 Å². The molecule has 1 unspecified atom stereocenters. The SMILES string of the molecule is CNC(c1cncc(C)c1)c1ccc(C)c(F)c1. The van der Waals surface area contributed by atoms with Crippen LogP contribution in [0.1, 0.15) is 28.3 Å². The van der Waals surface area contributed by atoms with Gasteiger partial charge >= 0.3 is 0 Å². The van der Waals surface area contributed by atoms with Gasteiger partial charge in [0.2, 0.25) is 0 Å². The molecule has 2 rings (SSSR count). The lowest BCUT2D eigenvalue weighted by Crippen LogP contribution is -2.18. The van der Waals surface area contributed by atoms with Crippen LogP contribution in [0.3, 0.4) is 0 Å². The Morgan fingerprint density at radius 2 is 1.89 bits per heavy atom. The molecular weight excluding hydrogens is 227 g/mol. The Bertz CT molecular complexity index is 552. The van der Waals surface area contributed by atoms with Crippen molar-refractivity contribution in [2.24, 2.45) is 0 Å². The molecular formula is C15H17FN2. The standard InChI is InChI=1S/C15H17FN2/c1-10-6-13(9-18-8-10)15(17-3)12-5-4-11(2)14(16)7-12/h4-9,15,17H,1-3H3. The van der Waals surface area contributed by atoms with E-state index in [1.165, 1.54) is 0 Å². The molecule has 0 fully saturated rings. The fourth-order valence-electron chi connectivity index (χ4n) is 2.05. The van der Waals surface area contributed by atoms with Crippen LogP contribution in [0, 0.1) is 19.7 Å². The maximum atomic E-state index is 13.6. The van der Waals surface area contributed by atoms with Crippen molar-refractivity contribution >= 4 is 0 Å². The summed E-state index contributed by atoms with van der Waals surface area (Å²) >= 11 is 0. The second-order valence-electron chi connectivity index (χ2n) is 4.53. The molecule has 0 radical (unpaired) electrons. The zero-order chi connectivity index (χ0) is 13.1. The molecule has 0 aliphatic carbocycles. The van der Waals surface area contributed by atoms with Crippen molar-refractivity contribution in [3.63, 3.8) is 0 Å². The van der Waals surface area contributed by atoms with E-state index >= 15 is 0 Å². The van der Waals surface area contributed by atoms with Crippen LogP contribution in [-0.2, 0) is 0 Å². The molecule has 1 heterocycles. The van der Waals surface area contributed by atoms with Crippen LogP contribution < -0.4 is 5.32 Å². The van der Waals surface area contributed by atoms with Gasteiger partial charge in [0.25, 0.3) is 0 Å². The van der Waals surface area contributed by atoms with Gasteiger partial charge in [-0.3, -0.25) is 4.98 Å². The summed E-state index contributed by atoms with van der Waals surface area (Å²) in [7, 11) is 1.87. The molecule has 0 amide bonds. The van der Waals surface area contributed by atoms with Gasteiger partial charge < -0.3 is 5.32 Å². The minimum atomic E-state index is -0.173. The Morgan fingerprint density at radius 3 is 2.50 bits per heavy atom. The summed E-state index contributed by atoms with van der Waals surface area (Å²) in [6, 6.07) is 7.36. The highest BCUT2D eigenvalue weighted by Crippen LogP contribution is 2.23. The van der Waals surface area contributed by atoms with Crippen molar-refractivity contribution in [3.05, 3.63) is 64.7 Å². The Hall–Kier alpha value is -1.74. The van der Waals surface area contributed by atoms with Crippen molar-refractivity contribution in [1.29, 1.82) is 0 Å². The van der Waals surface area contributed by atoms with Gasteiger partial charge in [-0.05, 0) is 49.2 Å². The monoisotopic (exact) mass is 244 g/mol. The van der Waals surface area contributed by atoms with Crippen LogP contribution in [0.25, 0.3) is 0 Å². The summed E-state index contributed by atoms with van der Waals surface area (Å²) in [4.78, 5) is 4.18. The second-order valence-corrected chi connectivity index (χ2v) is 4.53. The molecule has 0 spiro atoms. The van der Waals surface area contributed by atoms with Crippen LogP contribution in [0.15, 0.2) is 36.7 Å². The first kappa shape index (κ1) is 12.7. The number of hydrogen-bond donors (Lipinski definition) is 1. The first-order valence-corrected chi connectivity index (χ1v) is 5.96. The Kier molecular flexibility index (Phi) is 3.72. The molecule has 1 aromatic carbocycles. The third-order valence-corrected chi connectivity index (χ3v) is 3.05. The van der Waals surface area contributed by atoms with Crippen LogP contribution in [0.2, 0.25) is 0 Å². The number of nitrogens with zero attached hydrogens (tertiary/aromatic N) is 1. The van der Waals surface area contributed by atoms with E-state index in [0.29, 0.717) is 5.56 Å². The van der Waals surface area contributed by atoms with E-state index in [1.54, 1.807) is 19.1 Å². The largest absolute Gasteiger partial charge is 0.309 e. The molecule has 1 atom stereocenters. The smallest absolute Gasteiger partial charge is 0.126 e. The quantitative estimate of drug-likeness (QED) is 0.897. The number of halogens is 1. The molecule has 1 aromatic heterocycles. The average molecular weight is 244 g/mol. The van der Waals surface area contributed by atoms with Crippen LogP contribution >= 0.6 is 0 Å². The lowest BCUT2D eigenvalue weighted by Gasteiger charge is -2.17. The molecule has 94 valence electrons. The van der Waals surface area contributed by atoms with E-state index in [2.05, 4.69) is 16.4 Å². The summed E-state index contributed by atoms with van der Waals surface area (Å²) in [5.74, 6) is -0.173. The number of nitrogens with one attached hydrogen (secondary N) is 1. The maximum absolute atomic E-state index is 13.6. The predicted octanol–water partition coefficient (Wildman–Crippen LogP) is 3.15. The lowest BCUT2D eigenvalue weighted by molar-refractivity contribution is 0.608. The highest BCUT2D eigenvalue weighted by molar-refractivity contribution is 5.34. The van der Waals surface area contributed by atoms with Gasteiger partial charge in [0.15, 0.2) is 0 Å². The molecule has 0 saturated carbocycles. The molecule has 18 heavy (non-hydrogen) atoms. The molecule has 2 aromatic rings. The molecule has 0 aliphatic heterocycles. The van der Waals surface area contributed by atoms with Gasteiger partial charge in [0.1, 0.15) is 5.82 Å². The van der Waals surface area contributed by atoms with E-state index in [4.69, 9.17) is 0 Å². The minimum Gasteiger partial charge on any atom is -0.309 e. The fourth-order valence-corrected chi connectivity index (χ4v) is 2.05. The Morgan fingerprint density at radius 1 is 1.11 bits per heavy atom. The number of pyridine rings is 1. The first-order chi connectivity index (χ1) is 8.61. The van der Waals surface area contributed by atoms with Gasteiger partial charge in [-0.25, -0.2) is 4.39 Å². The van der Waals surface area contributed by atoms with Crippen LogP contribution in [-0.4, -0.2) is 12.0 Å². The van der Waals surface area contributed by atoms with Crippen molar-refractivity contribution < 1.29 is 4.39 Å². The van der Waals surface area contributed by atoms with Crippen molar-refractivity contribution in [2.45, 2.75) is 19.9 Å².